The first-order chi connectivity index (χ1) is 15.0. The number of carbonyl (C=O) groups excluding carboxylic acids is 1. The maximum atomic E-state index is 13.1. The van der Waals surface area contributed by atoms with Gasteiger partial charge in [0.25, 0.3) is 0 Å². The maximum Gasteiger partial charge on any atom is 0.243 e. The van der Waals surface area contributed by atoms with Crippen LogP contribution in [0.1, 0.15) is 18.4 Å². The highest BCUT2D eigenvalue weighted by Crippen LogP contribution is 2.24. The van der Waals surface area contributed by atoms with E-state index in [2.05, 4.69) is 9.97 Å². The topological polar surface area (TPSA) is 110 Å². The largest absolute Gasteiger partial charge is 0.340 e. The van der Waals surface area contributed by atoms with Crippen molar-refractivity contribution in [2.45, 2.75) is 17.7 Å². The average molecular weight is 441 g/mol. The summed E-state index contributed by atoms with van der Waals surface area (Å²) in [6.45, 7) is 2.65. The van der Waals surface area contributed by atoms with Gasteiger partial charge >= 0.3 is 0 Å². The van der Waals surface area contributed by atoms with Crippen LogP contribution in [0, 0.1) is 17.2 Å². The molecule has 2 aromatic rings. The molecule has 0 bridgehead atoms. The molecule has 1 atom stereocenters. The van der Waals surface area contributed by atoms with Gasteiger partial charge in [0, 0.05) is 51.7 Å². The molecule has 10 heteroatoms. The Morgan fingerprint density at radius 2 is 1.71 bits per heavy atom. The van der Waals surface area contributed by atoms with Crippen molar-refractivity contribution < 1.29 is 13.2 Å². The molecule has 0 radical (unpaired) electrons. The molecule has 0 N–H and O–H groups in total. The number of hydrogen-bond donors (Lipinski definition) is 0. The number of sulfonamides is 1. The van der Waals surface area contributed by atoms with Crippen molar-refractivity contribution in [3.8, 4) is 6.07 Å². The van der Waals surface area contributed by atoms with E-state index >= 15 is 0 Å². The van der Waals surface area contributed by atoms with Crippen LogP contribution >= 0.6 is 0 Å². The summed E-state index contributed by atoms with van der Waals surface area (Å²) in [6.07, 6.45) is 5.09. The minimum atomic E-state index is -3.64. The molecule has 1 aromatic carbocycles. The first-order valence-corrected chi connectivity index (χ1v) is 11.7. The van der Waals surface area contributed by atoms with Crippen LogP contribution in [0.25, 0.3) is 0 Å². The van der Waals surface area contributed by atoms with E-state index in [4.69, 9.17) is 5.26 Å². The normalized spacial score (nSPS) is 20.3. The van der Waals surface area contributed by atoms with E-state index in [1.165, 1.54) is 28.6 Å². The van der Waals surface area contributed by atoms with E-state index in [-0.39, 0.29) is 29.8 Å². The average Bonchev–Trinajstić information content (AvgIpc) is 2.84. The lowest BCUT2D eigenvalue weighted by atomic mass is 9.96. The Labute approximate surface area is 182 Å². The Balaban J connectivity index is 1.37. The predicted octanol–water partition coefficient (Wildman–Crippen LogP) is 1.10. The second-order valence-electron chi connectivity index (χ2n) is 7.70. The third-order valence-corrected chi connectivity index (χ3v) is 7.69. The van der Waals surface area contributed by atoms with E-state index in [1.54, 1.807) is 23.4 Å². The van der Waals surface area contributed by atoms with Crippen LogP contribution in [-0.4, -0.2) is 72.8 Å². The summed E-state index contributed by atoms with van der Waals surface area (Å²) in [5.41, 5.74) is 0.414. The van der Waals surface area contributed by atoms with Gasteiger partial charge in [0.2, 0.25) is 21.9 Å². The molecule has 9 nitrogen and oxygen atoms in total. The van der Waals surface area contributed by atoms with E-state index in [0.29, 0.717) is 31.1 Å². The number of carbonyl (C=O) groups is 1. The monoisotopic (exact) mass is 440 g/mol. The van der Waals surface area contributed by atoms with Crippen molar-refractivity contribution in [3.63, 3.8) is 0 Å². The van der Waals surface area contributed by atoms with E-state index in [1.807, 2.05) is 11.0 Å². The number of aromatic nitrogens is 2. The summed E-state index contributed by atoms with van der Waals surface area (Å²) in [5, 5.41) is 8.89. The molecule has 0 aliphatic carbocycles. The van der Waals surface area contributed by atoms with Crippen LogP contribution in [0.15, 0.2) is 47.6 Å². The predicted molar refractivity (Wildman–Crippen MR) is 113 cm³/mol. The van der Waals surface area contributed by atoms with Crippen molar-refractivity contribution in [2.75, 3.05) is 44.2 Å². The van der Waals surface area contributed by atoms with Gasteiger partial charge in [0.05, 0.1) is 22.4 Å². The number of piperidine rings is 1. The van der Waals surface area contributed by atoms with Gasteiger partial charge in [-0.3, -0.25) is 4.79 Å². The Morgan fingerprint density at radius 1 is 1.03 bits per heavy atom. The van der Waals surface area contributed by atoms with Gasteiger partial charge in [-0.25, -0.2) is 18.4 Å². The standard InChI is InChI=1S/C21H24N6O3S/c22-15-17-4-6-19(7-5-17)31(29,30)27-13-11-25(12-14-27)20(28)18-3-1-10-26(16-18)21-23-8-2-9-24-21/h2,4-9,18H,1,3,10-14,16H2. The lowest BCUT2D eigenvalue weighted by Crippen LogP contribution is -2.53. The lowest BCUT2D eigenvalue weighted by Gasteiger charge is -2.38. The molecule has 1 aromatic heterocycles. The van der Waals surface area contributed by atoms with Gasteiger partial charge in [-0.2, -0.15) is 9.57 Å². The number of amides is 1. The molecule has 2 saturated heterocycles. The number of hydrogen-bond acceptors (Lipinski definition) is 7. The highest BCUT2D eigenvalue weighted by molar-refractivity contribution is 7.89. The van der Waals surface area contributed by atoms with Crippen molar-refractivity contribution in [3.05, 3.63) is 48.3 Å². The van der Waals surface area contributed by atoms with Crippen LogP contribution < -0.4 is 4.90 Å². The number of nitrogens with zero attached hydrogens (tertiary/aromatic N) is 6. The zero-order valence-corrected chi connectivity index (χ0v) is 17.9. The van der Waals surface area contributed by atoms with Crippen molar-refractivity contribution in [1.29, 1.82) is 5.26 Å². The third-order valence-electron chi connectivity index (χ3n) is 5.78. The van der Waals surface area contributed by atoms with Gasteiger partial charge in [-0.05, 0) is 43.2 Å². The maximum absolute atomic E-state index is 13.1. The van der Waals surface area contributed by atoms with Gasteiger partial charge < -0.3 is 9.80 Å². The second-order valence-corrected chi connectivity index (χ2v) is 9.64. The molecular formula is C21H24N6O3S. The Kier molecular flexibility index (Phi) is 6.15. The van der Waals surface area contributed by atoms with Crippen molar-refractivity contribution >= 4 is 21.9 Å². The molecule has 162 valence electrons. The van der Waals surface area contributed by atoms with Crippen LogP contribution in [0.5, 0.6) is 0 Å². The molecule has 31 heavy (non-hydrogen) atoms. The van der Waals surface area contributed by atoms with Gasteiger partial charge in [0.1, 0.15) is 0 Å². The molecule has 0 saturated carbocycles. The Morgan fingerprint density at radius 3 is 2.35 bits per heavy atom. The minimum absolute atomic E-state index is 0.0658. The number of rotatable bonds is 4. The number of benzene rings is 1. The SMILES string of the molecule is N#Cc1ccc(S(=O)(=O)N2CCN(C(=O)C3CCCN(c4ncccn4)C3)CC2)cc1. The zero-order chi connectivity index (χ0) is 21.8. The molecule has 4 rings (SSSR count). The molecular weight excluding hydrogens is 416 g/mol. The summed E-state index contributed by atoms with van der Waals surface area (Å²) in [7, 11) is -3.64. The van der Waals surface area contributed by atoms with Crippen molar-refractivity contribution in [1.82, 2.24) is 19.2 Å². The van der Waals surface area contributed by atoms with E-state index in [9.17, 15) is 13.2 Å². The van der Waals surface area contributed by atoms with Gasteiger partial charge in [-0.1, -0.05) is 0 Å². The zero-order valence-electron chi connectivity index (χ0n) is 17.1. The highest BCUT2D eigenvalue weighted by Gasteiger charge is 2.34. The summed E-state index contributed by atoms with van der Waals surface area (Å²) < 4.78 is 27.2. The molecule has 3 heterocycles. The van der Waals surface area contributed by atoms with Gasteiger partial charge in [-0.15, -0.1) is 0 Å². The van der Waals surface area contributed by atoms with Crippen LogP contribution in [-0.2, 0) is 14.8 Å². The van der Waals surface area contributed by atoms with Crippen LogP contribution in [0.4, 0.5) is 5.95 Å². The Bertz CT molecular complexity index is 1060. The minimum Gasteiger partial charge on any atom is -0.340 e. The van der Waals surface area contributed by atoms with Gasteiger partial charge in [0.15, 0.2) is 0 Å². The molecule has 1 amide bonds. The fourth-order valence-electron chi connectivity index (χ4n) is 4.07. The summed E-state index contributed by atoms with van der Waals surface area (Å²) >= 11 is 0. The summed E-state index contributed by atoms with van der Waals surface area (Å²) in [6, 6.07) is 9.65. The molecule has 0 spiro atoms. The molecule has 2 fully saturated rings. The molecule has 2 aliphatic rings. The first kappa shape index (κ1) is 21.2. The third kappa shape index (κ3) is 4.52. The molecule has 1 unspecified atom stereocenters. The van der Waals surface area contributed by atoms with Crippen molar-refractivity contribution in [2.24, 2.45) is 5.92 Å². The Hall–Kier alpha value is -3.03. The fourth-order valence-corrected chi connectivity index (χ4v) is 5.49. The summed E-state index contributed by atoms with van der Waals surface area (Å²) in [4.78, 5) is 25.6. The fraction of sp³-hybridized carbons (Fsp3) is 0.429. The number of nitriles is 1. The van der Waals surface area contributed by atoms with E-state index < -0.39 is 10.0 Å². The van der Waals surface area contributed by atoms with E-state index in [0.717, 1.165) is 19.4 Å². The molecule has 2 aliphatic heterocycles. The summed E-state index contributed by atoms with van der Waals surface area (Å²) in [5.74, 6) is 0.564. The lowest BCUT2D eigenvalue weighted by molar-refractivity contribution is -0.137. The quantitative estimate of drug-likeness (QED) is 0.700. The van der Waals surface area contributed by atoms with Crippen LogP contribution in [0.2, 0.25) is 0 Å². The number of piperazine rings is 1. The first-order valence-electron chi connectivity index (χ1n) is 10.3. The number of anilines is 1. The highest BCUT2D eigenvalue weighted by atomic mass is 32.2. The van der Waals surface area contributed by atoms with Crippen LogP contribution in [0.3, 0.4) is 0 Å². The smallest absolute Gasteiger partial charge is 0.243 e. The second kappa shape index (κ2) is 8.99.